The zero-order valence-corrected chi connectivity index (χ0v) is 12.2. The van der Waals surface area contributed by atoms with E-state index in [0.717, 1.165) is 24.2 Å². The highest BCUT2D eigenvalue weighted by Crippen LogP contribution is 2.47. The van der Waals surface area contributed by atoms with Crippen molar-refractivity contribution in [2.24, 2.45) is 17.6 Å². The summed E-state index contributed by atoms with van der Waals surface area (Å²) in [7, 11) is 1.63. The molecule has 0 radical (unpaired) electrons. The monoisotopic (exact) mass is 287 g/mol. The lowest BCUT2D eigenvalue weighted by Crippen LogP contribution is -2.23. The van der Waals surface area contributed by atoms with Gasteiger partial charge in [0.2, 0.25) is 0 Å². The first-order valence-corrected chi connectivity index (χ1v) is 7.47. The predicted molar refractivity (Wildman–Crippen MR) is 81.1 cm³/mol. The number of allylic oxidation sites excluding steroid dienone is 1. The van der Waals surface area contributed by atoms with Gasteiger partial charge in [0.15, 0.2) is 17.8 Å². The molecule has 0 aromatic heterocycles. The van der Waals surface area contributed by atoms with Crippen LogP contribution < -0.4 is 15.2 Å². The standard InChI is InChI=1S/C17H21NO3/c1-20-15-5-4-12(14(9-18)10-19)8-17(15)21-16-7-11-2-3-13(16)6-11/h4-5,8-11,13,16H,2-3,6-7,18H2,1H3. The maximum atomic E-state index is 11.0. The number of rotatable bonds is 5. The smallest absolute Gasteiger partial charge is 0.162 e. The average Bonchev–Trinajstić information content (AvgIpc) is 3.11. The Kier molecular flexibility index (Phi) is 3.86. The van der Waals surface area contributed by atoms with Crippen LogP contribution in [0.4, 0.5) is 0 Å². The van der Waals surface area contributed by atoms with Gasteiger partial charge in [0, 0.05) is 11.8 Å². The number of benzene rings is 1. The predicted octanol–water partition coefficient (Wildman–Crippen LogP) is 2.76. The molecule has 3 rings (SSSR count). The van der Waals surface area contributed by atoms with Gasteiger partial charge in [-0.3, -0.25) is 4.79 Å². The van der Waals surface area contributed by atoms with Gasteiger partial charge in [-0.15, -0.1) is 0 Å². The van der Waals surface area contributed by atoms with E-state index >= 15 is 0 Å². The van der Waals surface area contributed by atoms with Crippen molar-refractivity contribution >= 4 is 11.9 Å². The van der Waals surface area contributed by atoms with Crippen molar-refractivity contribution in [3.05, 3.63) is 30.0 Å². The molecule has 2 fully saturated rings. The summed E-state index contributed by atoms with van der Waals surface area (Å²) >= 11 is 0. The van der Waals surface area contributed by atoms with Crippen molar-refractivity contribution in [2.75, 3.05) is 7.11 Å². The summed E-state index contributed by atoms with van der Waals surface area (Å²) in [6, 6.07) is 5.49. The second-order valence-electron chi connectivity index (χ2n) is 5.94. The third-order valence-corrected chi connectivity index (χ3v) is 4.76. The van der Waals surface area contributed by atoms with Crippen molar-refractivity contribution in [1.29, 1.82) is 0 Å². The quantitative estimate of drug-likeness (QED) is 0.668. The summed E-state index contributed by atoms with van der Waals surface area (Å²) in [5.74, 6) is 2.89. The summed E-state index contributed by atoms with van der Waals surface area (Å²) in [6.45, 7) is 0. The lowest BCUT2D eigenvalue weighted by molar-refractivity contribution is -0.103. The number of ether oxygens (including phenoxy) is 2. The lowest BCUT2D eigenvalue weighted by Gasteiger charge is -2.24. The summed E-state index contributed by atoms with van der Waals surface area (Å²) < 4.78 is 11.6. The summed E-state index contributed by atoms with van der Waals surface area (Å²) in [4.78, 5) is 11.0. The molecular formula is C17H21NO3. The van der Waals surface area contributed by atoms with Crippen molar-refractivity contribution in [1.82, 2.24) is 0 Å². The minimum absolute atomic E-state index is 0.273. The number of aldehydes is 1. The first-order chi connectivity index (χ1) is 10.2. The molecule has 2 N–H and O–H groups in total. The van der Waals surface area contributed by atoms with E-state index in [9.17, 15) is 4.79 Å². The zero-order valence-electron chi connectivity index (χ0n) is 12.2. The third-order valence-electron chi connectivity index (χ3n) is 4.76. The SMILES string of the molecule is COc1ccc(C(C=O)=CN)cc1OC1CC2CCC1C2. The molecule has 2 saturated carbocycles. The fourth-order valence-electron chi connectivity index (χ4n) is 3.65. The molecule has 3 atom stereocenters. The Morgan fingerprint density at radius 1 is 1.29 bits per heavy atom. The van der Waals surface area contributed by atoms with E-state index in [1.807, 2.05) is 18.2 Å². The van der Waals surface area contributed by atoms with Crippen LogP contribution in [0.1, 0.15) is 31.2 Å². The summed E-state index contributed by atoms with van der Waals surface area (Å²) in [5.41, 5.74) is 6.69. The van der Waals surface area contributed by atoms with Crippen molar-refractivity contribution in [2.45, 2.75) is 31.8 Å². The highest BCUT2D eigenvalue weighted by Gasteiger charge is 2.41. The van der Waals surface area contributed by atoms with Crippen LogP contribution in [0.2, 0.25) is 0 Å². The Morgan fingerprint density at radius 3 is 2.71 bits per heavy atom. The van der Waals surface area contributed by atoms with Gasteiger partial charge in [-0.05, 0) is 55.2 Å². The molecule has 4 heteroatoms. The van der Waals surface area contributed by atoms with Crippen molar-refractivity contribution in [3.63, 3.8) is 0 Å². The fourth-order valence-corrected chi connectivity index (χ4v) is 3.65. The molecule has 112 valence electrons. The van der Waals surface area contributed by atoms with Gasteiger partial charge in [-0.25, -0.2) is 0 Å². The molecule has 3 unspecified atom stereocenters. The van der Waals surface area contributed by atoms with Gasteiger partial charge in [-0.2, -0.15) is 0 Å². The Balaban J connectivity index is 1.85. The number of fused-ring (bicyclic) bond motifs is 2. The third kappa shape index (κ3) is 2.62. The van der Waals surface area contributed by atoms with Crippen LogP contribution in [0.3, 0.4) is 0 Å². The highest BCUT2D eigenvalue weighted by molar-refractivity contribution is 6.06. The first-order valence-electron chi connectivity index (χ1n) is 7.47. The number of nitrogens with two attached hydrogens (primary N) is 1. The van der Waals surface area contributed by atoms with E-state index < -0.39 is 0 Å². The summed E-state index contributed by atoms with van der Waals surface area (Å²) in [5, 5.41) is 0. The minimum atomic E-state index is 0.273. The van der Waals surface area contributed by atoms with E-state index in [-0.39, 0.29) is 6.10 Å². The molecular weight excluding hydrogens is 266 g/mol. The number of hydrogen-bond donors (Lipinski definition) is 1. The molecule has 1 aromatic carbocycles. The number of hydrogen-bond acceptors (Lipinski definition) is 4. The van der Waals surface area contributed by atoms with Gasteiger partial charge in [0.1, 0.15) is 6.10 Å². The van der Waals surface area contributed by atoms with Gasteiger partial charge >= 0.3 is 0 Å². The van der Waals surface area contributed by atoms with Crippen LogP contribution in [-0.2, 0) is 4.79 Å². The Morgan fingerprint density at radius 2 is 2.14 bits per heavy atom. The molecule has 0 aliphatic heterocycles. The van der Waals surface area contributed by atoms with Gasteiger partial charge in [0.05, 0.1) is 7.11 Å². The molecule has 0 heterocycles. The molecule has 0 spiro atoms. The fraction of sp³-hybridized carbons (Fsp3) is 0.471. The van der Waals surface area contributed by atoms with Crippen LogP contribution in [-0.4, -0.2) is 19.5 Å². The molecule has 2 bridgehead atoms. The van der Waals surface area contributed by atoms with Crippen LogP contribution in [0.5, 0.6) is 11.5 Å². The molecule has 2 aliphatic rings. The minimum Gasteiger partial charge on any atom is -0.493 e. The number of methoxy groups -OCH3 is 1. The maximum absolute atomic E-state index is 11.0. The van der Waals surface area contributed by atoms with E-state index in [1.165, 1.54) is 25.5 Å². The van der Waals surface area contributed by atoms with Gasteiger partial charge in [0.25, 0.3) is 0 Å². The first kappa shape index (κ1) is 14.0. The molecule has 0 saturated heterocycles. The van der Waals surface area contributed by atoms with E-state index in [0.29, 0.717) is 23.0 Å². The van der Waals surface area contributed by atoms with Crippen molar-refractivity contribution < 1.29 is 14.3 Å². The second-order valence-corrected chi connectivity index (χ2v) is 5.94. The molecule has 21 heavy (non-hydrogen) atoms. The Bertz CT molecular complexity index is 567. The normalized spacial score (nSPS) is 27.7. The Labute approximate surface area is 124 Å². The van der Waals surface area contributed by atoms with E-state index in [1.54, 1.807) is 7.11 Å². The van der Waals surface area contributed by atoms with Crippen LogP contribution >= 0.6 is 0 Å². The zero-order chi connectivity index (χ0) is 14.8. The summed E-state index contributed by atoms with van der Waals surface area (Å²) in [6.07, 6.45) is 7.36. The molecule has 1 aromatic rings. The number of carbonyl (C=O) groups excluding carboxylic acids is 1. The molecule has 2 aliphatic carbocycles. The topological polar surface area (TPSA) is 61.5 Å². The average molecular weight is 287 g/mol. The van der Waals surface area contributed by atoms with Crippen molar-refractivity contribution in [3.8, 4) is 11.5 Å². The van der Waals surface area contributed by atoms with Crippen LogP contribution in [0.15, 0.2) is 24.4 Å². The maximum Gasteiger partial charge on any atom is 0.162 e. The molecule has 4 nitrogen and oxygen atoms in total. The highest BCUT2D eigenvalue weighted by atomic mass is 16.5. The van der Waals surface area contributed by atoms with Crippen LogP contribution in [0.25, 0.3) is 5.57 Å². The van der Waals surface area contributed by atoms with Crippen LogP contribution in [0, 0.1) is 11.8 Å². The largest absolute Gasteiger partial charge is 0.493 e. The Hall–Kier alpha value is -1.97. The number of carbonyl (C=O) groups is 1. The van der Waals surface area contributed by atoms with E-state index in [4.69, 9.17) is 15.2 Å². The second kappa shape index (κ2) is 5.80. The van der Waals surface area contributed by atoms with Gasteiger partial charge < -0.3 is 15.2 Å². The van der Waals surface area contributed by atoms with Gasteiger partial charge in [-0.1, -0.05) is 6.07 Å². The molecule has 0 amide bonds. The van der Waals surface area contributed by atoms with E-state index in [2.05, 4.69) is 0 Å². The lowest BCUT2D eigenvalue weighted by atomic mass is 9.97.